The molecule has 3 rings (SSSR count). The van der Waals surface area contributed by atoms with Crippen LogP contribution in [-0.4, -0.2) is 5.91 Å². The van der Waals surface area contributed by atoms with E-state index >= 15 is 0 Å². The van der Waals surface area contributed by atoms with E-state index in [-0.39, 0.29) is 23.5 Å². The minimum absolute atomic E-state index is 0.0454. The van der Waals surface area contributed by atoms with Crippen LogP contribution in [0, 0.1) is 17.6 Å². The molecule has 1 N–H and O–H groups in total. The summed E-state index contributed by atoms with van der Waals surface area (Å²) in [5, 5.41) is 2.80. The third-order valence-electron chi connectivity index (χ3n) is 4.79. The molecule has 0 spiro atoms. The van der Waals surface area contributed by atoms with E-state index in [1.54, 1.807) is 18.2 Å². The molecule has 126 valence electrons. The maximum atomic E-state index is 13.9. The fraction of sp³-hybridized carbons (Fsp3) is 0.350. The van der Waals surface area contributed by atoms with Crippen molar-refractivity contribution in [1.82, 2.24) is 0 Å². The molecule has 2 nitrogen and oxygen atoms in total. The van der Waals surface area contributed by atoms with E-state index in [1.165, 1.54) is 18.2 Å². The van der Waals surface area contributed by atoms with Gasteiger partial charge in [0.15, 0.2) is 0 Å². The van der Waals surface area contributed by atoms with Crippen LogP contribution < -0.4 is 5.32 Å². The molecule has 2 aromatic rings. The average Bonchev–Trinajstić information content (AvgIpc) is 2.58. The molecule has 0 aromatic heterocycles. The summed E-state index contributed by atoms with van der Waals surface area (Å²) in [6, 6.07) is 12.7. The molecule has 4 heteroatoms. The van der Waals surface area contributed by atoms with Crippen molar-refractivity contribution in [2.45, 2.75) is 38.0 Å². The monoisotopic (exact) mass is 329 g/mol. The van der Waals surface area contributed by atoms with E-state index in [1.807, 2.05) is 12.1 Å². The number of halogens is 2. The second-order valence-corrected chi connectivity index (χ2v) is 6.50. The molecule has 1 aliphatic rings. The summed E-state index contributed by atoms with van der Waals surface area (Å²) in [7, 11) is 0. The Balaban J connectivity index is 1.49. The van der Waals surface area contributed by atoms with Gasteiger partial charge in [0.25, 0.3) is 0 Å². The molecule has 0 radical (unpaired) electrons. The number of anilines is 1. The molecule has 0 heterocycles. The Morgan fingerprint density at radius 1 is 0.958 bits per heavy atom. The van der Waals surface area contributed by atoms with Crippen LogP contribution >= 0.6 is 0 Å². The van der Waals surface area contributed by atoms with Gasteiger partial charge in [0, 0.05) is 12.1 Å². The molecule has 0 bridgehead atoms. The van der Waals surface area contributed by atoms with Crippen LogP contribution in [-0.2, 0) is 4.79 Å². The number of carbonyl (C=O) groups excluding carboxylic acids is 1. The second-order valence-electron chi connectivity index (χ2n) is 6.50. The molecule has 0 aliphatic heterocycles. The molecular weight excluding hydrogens is 308 g/mol. The minimum Gasteiger partial charge on any atom is -0.326 e. The van der Waals surface area contributed by atoms with E-state index in [2.05, 4.69) is 5.32 Å². The molecule has 1 aliphatic carbocycles. The Labute approximate surface area is 140 Å². The zero-order valence-electron chi connectivity index (χ0n) is 13.5. The quantitative estimate of drug-likeness (QED) is 0.813. The Kier molecular flexibility index (Phi) is 5.24. The van der Waals surface area contributed by atoms with E-state index in [4.69, 9.17) is 0 Å². The summed E-state index contributed by atoms with van der Waals surface area (Å²) in [6.45, 7) is 0. The summed E-state index contributed by atoms with van der Waals surface area (Å²) < 4.78 is 26.7. The molecule has 1 fully saturated rings. The van der Waals surface area contributed by atoms with Gasteiger partial charge in [-0.3, -0.25) is 4.79 Å². The number of carbonyl (C=O) groups is 1. The summed E-state index contributed by atoms with van der Waals surface area (Å²) in [5.41, 5.74) is 1.41. The minimum atomic E-state index is -0.320. The molecule has 0 atom stereocenters. The topological polar surface area (TPSA) is 29.1 Å². The van der Waals surface area contributed by atoms with Crippen LogP contribution in [0.3, 0.4) is 0 Å². The second kappa shape index (κ2) is 7.56. The number of hydrogen-bond donors (Lipinski definition) is 1. The highest BCUT2D eigenvalue weighted by molar-refractivity contribution is 5.90. The van der Waals surface area contributed by atoms with Crippen molar-refractivity contribution in [3.63, 3.8) is 0 Å². The van der Waals surface area contributed by atoms with Gasteiger partial charge in [-0.1, -0.05) is 18.2 Å². The van der Waals surface area contributed by atoms with E-state index in [0.717, 1.165) is 31.2 Å². The standard InChI is InChI=1S/C20H21F2NO/c21-16-9-11-17(12-10-16)23-20(24)13-14-5-7-15(8-6-14)18-3-1-2-4-19(18)22/h1-4,9-12,14-15H,5-8,13H2,(H,23,24). The van der Waals surface area contributed by atoms with Crippen molar-refractivity contribution in [3.05, 3.63) is 65.7 Å². The van der Waals surface area contributed by atoms with Crippen molar-refractivity contribution >= 4 is 11.6 Å². The normalized spacial score (nSPS) is 20.6. The van der Waals surface area contributed by atoms with Gasteiger partial charge >= 0.3 is 0 Å². The maximum Gasteiger partial charge on any atom is 0.224 e. The van der Waals surface area contributed by atoms with Gasteiger partial charge in [-0.2, -0.15) is 0 Å². The highest BCUT2D eigenvalue weighted by Gasteiger charge is 2.25. The number of nitrogens with one attached hydrogen (secondary N) is 1. The summed E-state index contributed by atoms with van der Waals surface area (Å²) in [6.07, 6.45) is 4.14. The lowest BCUT2D eigenvalue weighted by atomic mass is 9.77. The summed E-state index contributed by atoms with van der Waals surface area (Å²) in [5.74, 6) is 0.0847. The van der Waals surface area contributed by atoms with Gasteiger partial charge in [0.2, 0.25) is 5.91 Å². The van der Waals surface area contributed by atoms with Crippen molar-refractivity contribution in [1.29, 1.82) is 0 Å². The van der Waals surface area contributed by atoms with Crippen molar-refractivity contribution < 1.29 is 13.6 Å². The van der Waals surface area contributed by atoms with Crippen LogP contribution in [0.2, 0.25) is 0 Å². The fourth-order valence-electron chi connectivity index (χ4n) is 3.49. The predicted octanol–water partition coefficient (Wildman–Crippen LogP) is 5.27. The van der Waals surface area contributed by atoms with E-state index in [0.29, 0.717) is 18.0 Å². The lowest BCUT2D eigenvalue weighted by molar-refractivity contribution is -0.117. The number of benzene rings is 2. The molecule has 2 aromatic carbocycles. The molecular formula is C20H21F2NO. The third-order valence-corrected chi connectivity index (χ3v) is 4.79. The Morgan fingerprint density at radius 3 is 2.29 bits per heavy atom. The Bertz CT molecular complexity index is 691. The van der Waals surface area contributed by atoms with E-state index < -0.39 is 0 Å². The van der Waals surface area contributed by atoms with Gasteiger partial charge in [-0.25, -0.2) is 8.78 Å². The van der Waals surface area contributed by atoms with Gasteiger partial charge < -0.3 is 5.32 Å². The zero-order chi connectivity index (χ0) is 16.9. The van der Waals surface area contributed by atoms with Crippen LogP contribution in [0.5, 0.6) is 0 Å². The van der Waals surface area contributed by atoms with Crippen LogP contribution in [0.25, 0.3) is 0 Å². The van der Waals surface area contributed by atoms with Crippen molar-refractivity contribution in [2.75, 3.05) is 5.32 Å². The molecule has 24 heavy (non-hydrogen) atoms. The first-order valence-electron chi connectivity index (χ1n) is 8.41. The summed E-state index contributed by atoms with van der Waals surface area (Å²) >= 11 is 0. The van der Waals surface area contributed by atoms with E-state index in [9.17, 15) is 13.6 Å². The number of amides is 1. The first-order chi connectivity index (χ1) is 11.6. The average molecular weight is 329 g/mol. The van der Waals surface area contributed by atoms with Crippen LogP contribution in [0.4, 0.5) is 14.5 Å². The SMILES string of the molecule is O=C(CC1CCC(c2ccccc2F)CC1)Nc1ccc(F)cc1. The summed E-state index contributed by atoms with van der Waals surface area (Å²) in [4.78, 5) is 12.1. The van der Waals surface area contributed by atoms with Crippen LogP contribution in [0.15, 0.2) is 48.5 Å². The Hall–Kier alpha value is -2.23. The van der Waals surface area contributed by atoms with Gasteiger partial charge in [0.05, 0.1) is 0 Å². The third kappa shape index (κ3) is 4.19. The van der Waals surface area contributed by atoms with Gasteiger partial charge in [-0.15, -0.1) is 0 Å². The maximum absolute atomic E-state index is 13.9. The largest absolute Gasteiger partial charge is 0.326 e. The number of hydrogen-bond acceptors (Lipinski definition) is 1. The first kappa shape index (κ1) is 16.6. The van der Waals surface area contributed by atoms with Gasteiger partial charge in [0.1, 0.15) is 11.6 Å². The highest BCUT2D eigenvalue weighted by atomic mass is 19.1. The number of rotatable bonds is 4. The predicted molar refractivity (Wildman–Crippen MR) is 90.7 cm³/mol. The molecule has 0 saturated heterocycles. The smallest absolute Gasteiger partial charge is 0.224 e. The zero-order valence-corrected chi connectivity index (χ0v) is 13.5. The fourth-order valence-corrected chi connectivity index (χ4v) is 3.49. The first-order valence-corrected chi connectivity index (χ1v) is 8.41. The molecule has 0 unspecified atom stereocenters. The Morgan fingerprint density at radius 2 is 1.62 bits per heavy atom. The van der Waals surface area contributed by atoms with Gasteiger partial charge in [-0.05, 0) is 73.4 Å². The lowest BCUT2D eigenvalue weighted by Gasteiger charge is -2.28. The lowest BCUT2D eigenvalue weighted by Crippen LogP contribution is -2.20. The molecule has 1 amide bonds. The highest BCUT2D eigenvalue weighted by Crippen LogP contribution is 2.38. The van der Waals surface area contributed by atoms with Crippen molar-refractivity contribution in [2.24, 2.45) is 5.92 Å². The molecule has 1 saturated carbocycles. The van der Waals surface area contributed by atoms with Crippen molar-refractivity contribution in [3.8, 4) is 0 Å². The van der Waals surface area contributed by atoms with Crippen LogP contribution in [0.1, 0.15) is 43.6 Å².